The molecule has 2 saturated heterocycles. The van der Waals surface area contributed by atoms with Crippen molar-refractivity contribution in [2.75, 3.05) is 20.1 Å². The lowest BCUT2D eigenvalue weighted by Crippen LogP contribution is -2.42. The SMILES string of the molecule is CN1CC[C@@]2(CC[C@H](c3cc(-c4cccc(OC(F)(F)F)c4)ccn3)N2)C1. The summed E-state index contributed by atoms with van der Waals surface area (Å²) in [6.07, 6.45) is 0.287. The van der Waals surface area contributed by atoms with E-state index in [2.05, 4.69) is 27.0 Å². The Bertz CT molecular complexity index is 826. The van der Waals surface area contributed by atoms with Crippen LogP contribution in [0.1, 0.15) is 31.0 Å². The quantitative estimate of drug-likeness (QED) is 0.872. The van der Waals surface area contributed by atoms with Crippen LogP contribution in [0.3, 0.4) is 0 Å². The predicted octanol–water partition coefficient (Wildman–Crippen LogP) is 4.15. The topological polar surface area (TPSA) is 37.4 Å². The van der Waals surface area contributed by atoms with Crippen molar-refractivity contribution in [3.8, 4) is 16.9 Å². The first-order valence-corrected chi connectivity index (χ1v) is 9.10. The Morgan fingerprint density at radius 1 is 1.19 bits per heavy atom. The van der Waals surface area contributed by atoms with Gasteiger partial charge < -0.3 is 15.0 Å². The van der Waals surface area contributed by atoms with Crippen molar-refractivity contribution >= 4 is 0 Å². The van der Waals surface area contributed by atoms with E-state index >= 15 is 0 Å². The van der Waals surface area contributed by atoms with Gasteiger partial charge in [0.05, 0.1) is 11.7 Å². The van der Waals surface area contributed by atoms with Gasteiger partial charge in [-0.2, -0.15) is 0 Å². The van der Waals surface area contributed by atoms with Gasteiger partial charge in [-0.25, -0.2) is 0 Å². The zero-order valence-corrected chi connectivity index (χ0v) is 15.1. The van der Waals surface area contributed by atoms with Gasteiger partial charge in [-0.3, -0.25) is 4.98 Å². The fourth-order valence-electron chi connectivity index (χ4n) is 4.25. The third-order valence-corrected chi connectivity index (χ3v) is 5.48. The van der Waals surface area contributed by atoms with Gasteiger partial charge >= 0.3 is 6.36 Å². The van der Waals surface area contributed by atoms with E-state index < -0.39 is 6.36 Å². The maximum Gasteiger partial charge on any atom is 0.573 e. The fourth-order valence-corrected chi connectivity index (χ4v) is 4.25. The molecule has 7 heteroatoms. The Balaban J connectivity index is 1.54. The molecule has 144 valence electrons. The van der Waals surface area contributed by atoms with Crippen molar-refractivity contribution in [3.63, 3.8) is 0 Å². The molecule has 2 aromatic rings. The zero-order valence-electron chi connectivity index (χ0n) is 15.1. The molecule has 0 unspecified atom stereocenters. The van der Waals surface area contributed by atoms with Gasteiger partial charge in [-0.05, 0) is 68.2 Å². The van der Waals surface area contributed by atoms with E-state index in [-0.39, 0.29) is 17.3 Å². The molecule has 2 aliphatic heterocycles. The number of hydrogen-bond donors (Lipinski definition) is 1. The van der Waals surface area contributed by atoms with E-state index in [4.69, 9.17) is 0 Å². The summed E-state index contributed by atoms with van der Waals surface area (Å²) < 4.78 is 41.5. The van der Waals surface area contributed by atoms with Gasteiger partial charge in [-0.1, -0.05) is 12.1 Å². The van der Waals surface area contributed by atoms with Gasteiger partial charge in [0.2, 0.25) is 0 Å². The molecule has 27 heavy (non-hydrogen) atoms. The van der Waals surface area contributed by atoms with E-state index in [0.29, 0.717) is 5.56 Å². The summed E-state index contributed by atoms with van der Waals surface area (Å²) in [7, 11) is 2.14. The Morgan fingerprint density at radius 2 is 2.00 bits per heavy atom. The molecule has 1 N–H and O–H groups in total. The van der Waals surface area contributed by atoms with Crippen LogP contribution >= 0.6 is 0 Å². The highest BCUT2D eigenvalue weighted by Gasteiger charge is 2.43. The van der Waals surface area contributed by atoms with Crippen LogP contribution in [0.5, 0.6) is 5.75 Å². The second-order valence-corrected chi connectivity index (χ2v) is 7.55. The average Bonchev–Trinajstić information content (AvgIpc) is 3.20. The minimum absolute atomic E-state index is 0.164. The molecule has 0 bridgehead atoms. The van der Waals surface area contributed by atoms with E-state index in [0.717, 1.165) is 43.6 Å². The highest BCUT2D eigenvalue weighted by atomic mass is 19.4. The van der Waals surface area contributed by atoms with Gasteiger partial charge in [0, 0.05) is 18.3 Å². The number of ether oxygens (including phenoxy) is 1. The summed E-state index contributed by atoms with van der Waals surface area (Å²) in [5.74, 6) is -0.217. The Kier molecular flexibility index (Phi) is 4.60. The summed E-state index contributed by atoms with van der Waals surface area (Å²) in [4.78, 5) is 6.85. The first-order chi connectivity index (χ1) is 12.8. The van der Waals surface area contributed by atoms with Crippen molar-refractivity contribution in [2.24, 2.45) is 0 Å². The van der Waals surface area contributed by atoms with Gasteiger partial charge in [0.15, 0.2) is 0 Å². The van der Waals surface area contributed by atoms with E-state index in [1.165, 1.54) is 12.1 Å². The second kappa shape index (κ2) is 6.80. The molecule has 0 saturated carbocycles. The summed E-state index contributed by atoms with van der Waals surface area (Å²) in [5.41, 5.74) is 2.60. The molecule has 4 nitrogen and oxygen atoms in total. The molecule has 0 amide bonds. The number of likely N-dealkylation sites (N-methyl/N-ethyl adjacent to an activating group) is 1. The molecule has 3 heterocycles. The van der Waals surface area contributed by atoms with Crippen molar-refractivity contribution in [1.82, 2.24) is 15.2 Å². The first kappa shape index (κ1) is 18.3. The molecule has 1 spiro atoms. The molecule has 1 aromatic heterocycles. The maximum atomic E-state index is 12.5. The third kappa shape index (κ3) is 4.09. The number of hydrogen-bond acceptors (Lipinski definition) is 4. The predicted molar refractivity (Wildman–Crippen MR) is 96.3 cm³/mol. The highest BCUT2D eigenvalue weighted by molar-refractivity contribution is 5.65. The average molecular weight is 377 g/mol. The molecule has 0 aliphatic carbocycles. The lowest BCUT2D eigenvalue weighted by Gasteiger charge is -2.25. The molecule has 2 atom stereocenters. The number of nitrogens with zero attached hydrogens (tertiary/aromatic N) is 2. The van der Waals surface area contributed by atoms with Gasteiger partial charge in [0.1, 0.15) is 5.75 Å². The molecule has 0 radical (unpaired) electrons. The van der Waals surface area contributed by atoms with Crippen LogP contribution in [0.15, 0.2) is 42.6 Å². The second-order valence-electron chi connectivity index (χ2n) is 7.55. The number of benzene rings is 1. The number of nitrogens with one attached hydrogen (secondary N) is 1. The van der Waals surface area contributed by atoms with Crippen molar-refractivity contribution < 1.29 is 17.9 Å². The number of halogens is 3. The Morgan fingerprint density at radius 3 is 2.74 bits per heavy atom. The fraction of sp³-hybridized carbons (Fsp3) is 0.450. The van der Waals surface area contributed by atoms with Crippen LogP contribution in [0.4, 0.5) is 13.2 Å². The molecule has 2 aliphatic rings. The van der Waals surface area contributed by atoms with Crippen LogP contribution < -0.4 is 10.1 Å². The highest BCUT2D eigenvalue weighted by Crippen LogP contribution is 2.38. The molecule has 4 rings (SSSR count). The summed E-state index contributed by atoms with van der Waals surface area (Å²) in [6.45, 7) is 2.14. The summed E-state index contributed by atoms with van der Waals surface area (Å²) in [6, 6.07) is 9.99. The summed E-state index contributed by atoms with van der Waals surface area (Å²) in [5, 5.41) is 3.76. The number of rotatable bonds is 3. The van der Waals surface area contributed by atoms with Crippen LogP contribution in [0.2, 0.25) is 0 Å². The zero-order chi connectivity index (χ0) is 19.1. The number of alkyl halides is 3. The van der Waals surface area contributed by atoms with E-state index in [1.807, 2.05) is 12.1 Å². The van der Waals surface area contributed by atoms with Crippen LogP contribution in [0, 0.1) is 0 Å². The first-order valence-electron chi connectivity index (χ1n) is 9.10. The minimum Gasteiger partial charge on any atom is -0.406 e. The van der Waals surface area contributed by atoms with Gasteiger partial charge in [0.25, 0.3) is 0 Å². The minimum atomic E-state index is -4.70. The van der Waals surface area contributed by atoms with Crippen molar-refractivity contribution in [1.29, 1.82) is 0 Å². The number of likely N-dealkylation sites (tertiary alicyclic amines) is 1. The van der Waals surface area contributed by atoms with E-state index in [9.17, 15) is 13.2 Å². The largest absolute Gasteiger partial charge is 0.573 e. The van der Waals surface area contributed by atoms with Gasteiger partial charge in [-0.15, -0.1) is 13.2 Å². The molecule has 1 aromatic carbocycles. The standard InChI is InChI=1S/C20H22F3N3O/c1-26-10-8-19(13-26)7-5-17(25-19)18-12-15(6-9-24-18)14-3-2-4-16(11-14)27-20(21,22)23/h2-4,6,9,11-12,17,25H,5,7-8,10,13H2,1H3/t17-,19+/m1/s1. The molecular formula is C20H22F3N3O. The summed E-state index contributed by atoms with van der Waals surface area (Å²) >= 11 is 0. The lowest BCUT2D eigenvalue weighted by molar-refractivity contribution is -0.274. The normalized spacial score (nSPS) is 26.0. The number of pyridine rings is 1. The molecular weight excluding hydrogens is 355 g/mol. The van der Waals surface area contributed by atoms with Crippen LogP contribution in [-0.4, -0.2) is 41.9 Å². The third-order valence-electron chi connectivity index (χ3n) is 5.48. The monoisotopic (exact) mass is 377 g/mol. The van der Waals surface area contributed by atoms with E-state index in [1.54, 1.807) is 18.3 Å². The molecule has 2 fully saturated rings. The van der Waals surface area contributed by atoms with Crippen molar-refractivity contribution in [2.45, 2.75) is 37.2 Å². The van der Waals surface area contributed by atoms with Crippen LogP contribution in [-0.2, 0) is 0 Å². The lowest BCUT2D eigenvalue weighted by atomic mass is 9.97. The van der Waals surface area contributed by atoms with Crippen LogP contribution in [0.25, 0.3) is 11.1 Å². The smallest absolute Gasteiger partial charge is 0.406 e. The maximum absolute atomic E-state index is 12.5. The Labute approximate surface area is 156 Å². The number of aromatic nitrogens is 1. The Hall–Kier alpha value is -2.12. The van der Waals surface area contributed by atoms with Crippen molar-refractivity contribution in [3.05, 3.63) is 48.3 Å².